The molecule has 0 saturated carbocycles. The fourth-order valence-electron chi connectivity index (χ4n) is 2.05. The lowest BCUT2D eigenvalue weighted by atomic mass is 10.1. The van der Waals surface area contributed by atoms with Gasteiger partial charge in [-0.25, -0.2) is 0 Å². The normalized spacial score (nSPS) is 12.2. The summed E-state index contributed by atoms with van der Waals surface area (Å²) in [6.07, 6.45) is 0.155. The molecule has 0 fully saturated rings. The second-order valence-corrected chi connectivity index (χ2v) is 5.95. The van der Waals surface area contributed by atoms with Gasteiger partial charge in [0.25, 0.3) is 0 Å². The van der Waals surface area contributed by atoms with E-state index in [0.29, 0.717) is 0 Å². The van der Waals surface area contributed by atoms with Gasteiger partial charge in [-0.15, -0.1) is 0 Å². The SMILES string of the molecule is CC(C)Oc1ccc(C(CO)Nc2ccccc2Br)cc1. The Kier molecular flexibility index (Phi) is 5.65. The summed E-state index contributed by atoms with van der Waals surface area (Å²) < 4.78 is 6.60. The summed E-state index contributed by atoms with van der Waals surface area (Å²) in [6.45, 7) is 4.02. The van der Waals surface area contributed by atoms with Gasteiger partial charge < -0.3 is 15.2 Å². The lowest BCUT2D eigenvalue weighted by Gasteiger charge is -2.19. The Labute approximate surface area is 134 Å². The third-order valence-corrected chi connectivity index (χ3v) is 3.73. The first-order valence-corrected chi connectivity index (χ1v) is 7.78. The van der Waals surface area contributed by atoms with E-state index in [1.54, 1.807) is 0 Å². The van der Waals surface area contributed by atoms with E-state index in [0.717, 1.165) is 21.5 Å². The molecule has 1 unspecified atom stereocenters. The largest absolute Gasteiger partial charge is 0.491 e. The van der Waals surface area contributed by atoms with Gasteiger partial charge in [0.2, 0.25) is 0 Å². The van der Waals surface area contributed by atoms with Crippen molar-refractivity contribution in [3.8, 4) is 5.75 Å². The molecule has 0 aliphatic rings. The first kappa shape index (κ1) is 15.9. The summed E-state index contributed by atoms with van der Waals surface area (Å²) in [5.41, 5.74) is 1.98. The minimum Gasteiger partial charge on any atom is -0.491 e. The molecule has 112 valence electrons. The maximum absolute atomic E-state index is 9.64. The molecule has 0 aliphatic heterocycles. The lowest BCUT2D eigenvalue weighted by Crippen LogP contribution is -2.15. The predicted molar refractivity (Wildman–Crippen MR) is 89.8 cm³/mol. The average Bonchev–Trinajstić information content (AvgIpc) is 2.47. The smallest absolute Gasteiger partial charge is 0.119 e. The van der Waals surface area contributed by atoms with Crippen LogP contribution in [-0.4, -0.2) is 17.8 Å². The van der Waals surface area contributed by atoms with Crippen LogP contribution in [0.15, 0.2) is 53.0 Å². The highest BCUT2D eigenvalue weighted by atomic mass is 79.9. The van der Waals surface area contributed by atoms with E-state index >= 15 is 0 Å². The Balaban J connectivity index is 2.12. The molecule has 2 aromatic carbocycles. The predicted octanol–water partition coefficient (Wildman–Crippen LogP) is 4.38. The minimum absolute atomic E-state index is 0.0196. The van der Waals surface area contributed by atoms with E-state index in [4.69, 9.17) is 4.74 Å². The van der Waals surface area contributed by atoms with Crippen LogP contribution in [0.2, 0.25) is 0 Å². The first-order valence-electron chi connectivity index (χ1n) is 6.98. The van der Waals surface area contributed by atoms with Gasteiger partial charge in [0.1, 0.15) is 5.75 Å². The number of aliphatic hydroxyl groups excluding tert-OH is 1. The number of para-hydroxylation sites is 1. The van der Waals surface area contributed by atoms with Crippen LogP contribution in [0.1, 0.15) is 25.5 Å². The molecule has 3 nitrogen and oxygen atoms in total. The molecule has 4 heteroatoms. The van der Waals surface area contributed by atoms with E-state index in [-0.39, 0.29) is 18.8 Å². The van der Waals surface area contributed by atoms with Gasteiger partial charge in [0, 0.05) is 10.2 Å². The molecule has 2 aromatic rings. The van der Waals surface area contributed by atoms with Crippen molar-refractivity contribution in [2.75, 3.05) is 11.9 Å². The quantitative estimate of drug-likeness (QED) is 0.812. The summed E-state index contributed by atoms with van der Waals surface area (Å²) in [6, 6.07) is 15.5. The molecule has 0 heterocycles. The number of anilines is 1. The summed E-state index contributed by atoms with van der Waals surface area (Å²) in [7, 11) is 0. The Morgan fingerprint density at radius 1 is 1.10 bits per heavy atom. The highest BCUT2D eigenvalue weighted by molar-refractivity contribution is 9.10. The number of hydrogen-bond donors (Lipinski definition) is 2. The van der Waals surface area contributed by atoms with E-state index in [2.05, 4.69) is 21.2 Å². The molecule has 2 N–H and O–H groups in total. The number of ether oxygens (including phenoxy) is 1. The molecular weight excluding hydrogens is 330 g/mol. The van der Waals surface area contributed by atoms with Gasteiger partial charge in [-0.3, -0.25) is 0 Å². The summed E-state index contributed by atoms with van der Waals surface area (Å²) in [4.78, 5) is 0. The molecule has 0 saturated heterocycles. The summed E-state index contributed by atoms with van der Waals surface area (Å²) in [5.74, 6) is 0.839. The molecule has 0 radical (unpaired) electrons. The third kappa shape index (κ3) is 4.48. The van der Waals surface area contributed by atoms with Crippen LogP contribution in [0.5, 0.6) is 5.75 Å². The maximum atomic E-state index is 9.64. The highest BCUT2D eigenvalue weighted by Crippen LogP contribution is 2.27. The van der Waals surface area contributed by atoms with E-state index in [1.807, 2.05) is 62.4 Å². The highest BCUT2D eigenvalue weighted by Gasteiger charge is 2.12. The molecule has 0 aromatic heterocycles. The van der Waals surface area contributed by atoms with Crippen molar-refractivity contribution in [3.05, 3.63) is 58.6 Å². The molecule has 1 atom stereocenters. The van der Waals surface area contributed by atoms with Crippen LogP contribution in [0, 0.1) is 0 Å². The Morgan fingerprint density at radius 3 is 2.33 bits per heavy atom. The zero-order valence-corrected chi connectivity index (χ0v) is 13.8. The van der Waals surface area contributed by atoms with Gasteiger partial charge in [-0.1, -0.05) is 24.3 Å². The molecule has 0 bridgehead atoms. The molecule has 0 aliphatic carbocycles. The fourth-order valence-corrected chi connectivity index (χ4v) is 2.45. The van der Waals surface area contributed by atoms with Crippen molar-refractivity contribution in [2.24, 2.45) is 0 Å². The van der Waals surface area contributed by atoms with E-state index in [1.165, 1.54) is 0 Å². The zero-order valence-electron chi connectivity index (χ0n) is 12.2. The molecular formula is C17H20BrNO2. The van der Waals surface area contributed by atoms with Crippen molar-refractivity contribution in [2.45, 2.75) is 26.0 Å². The number of nitrogens with one attached hydrogen (secondary N) is 1. The van der Waals surface area contributed by atoms with Gasteiger partial charge >= 0.3 is 0 Å². The second kappa shape index (κ2) is 7.48. The van der Waals surface area contributed by atoms with Crippen molar-refractivity contribution in [1.82, 2.24) is 0 Å². The lowest BCUT2D eigenvalue weighted by molar-refractivity contribution is 0.242. The zero-order chi connectivity index (χ0) is 15.2. The fraction of sp³-hybridized carbons (Fsp3) is 0.294. The van der Waals surface area contributed by atoms with E-state index < -0.39 is 0 Å². The maximum Gasteiger partial charge on any atom is 0.119 e. The monoisotopic (exact) mass is 349 g/mol. The van der Waals surface area contributed by atoms with Gasteiger partial charge in [-0.05, 0) is 59.6 Å². The molecule has 21 heavy (non-hydrogen) atoms. The van der Waals surface area contributed by atoms with Gasteiger partial charge in [-0.2, -0.15) is 0 Å². The van der Waals surface area contributed by atoms with Crippen LogP contribution < -0.4 is 10.1 Å². The molecule has 0 spiro atoms. The summed E-state index contributed by atoms with van der Waals surface area (Å²) in [5, 5.41) is 13.0. The van der Waals surface area contributed by atoms with Crippen molar-refractivity contribution >= 4 is 21.6 Å². The van der Waals surface area contributed by atoms with E-state index in [9.17, 15) is 5.11 Å². The van der Waals surface area contributed by atoms with Crippen molar-refractivity contribution in [3.63, 3.8) is 0 Å². The Hall–Kier alpha value is -1.52. The second-order valence-electron chi connectivity index (χ2n) is 5.09. The Bertz CT molecular complexity index is 569. The number of benzene rings is 2. The first-order chi connectivity index (χ1) is 10.1. The van der Waals surface area contributed by atoms with Crippen molar-refractivity contribution in [1.29, 1.82) is 0 Å². The minimum atomic E-state index is -0.156. The number of aliphatic hydroxyl groups is 1. The Morgan fingerprint density at radius 2 is 1.76 bits per heavy atom. The van der Waals surface area contributed by atoms with Crippen LogP contribution in [-0.2, 0) is 0 Å². The third-order valence-electron chi connectivity index (χ3n) is 3.04. The topological polar surface area (TPSA) is 41.5 Å². The van der Waals surface area contributed by atoms with Crippen LogP contribution in [0.4, 0.5) is 5.69 Å². The average molecular weight is 350 g/mol. The molecule has 0 amide bonds. The number of hydrogen-bond acceptors (Lipinski definition) is 3. The molecule has 2 rings (SSSR count). The number of halogens is 1. The van der Waals surface area contributed by atoms with Crippen LogP contribution >= 0.6 is 15.9 Å². The van der Waals surface area contributed by atoms with Crippen LogP contribution in [0.25, 0.3) is 0 Å². The van der Waals surface area contributed by atoms with Gasteiger partial charge in [0.05, 0.1) is 18.8 Å². The number of rotatable bonds is 6. The van der Waals surface area contributed by atoms with Gasteiger partial charge in [0.15, 0.2) is 0 Å². The standard InChI is InChI=1S/C17H20BrNO2/c1-12(2)21-14-9-7-13(8-10-14)17(11-20)19-16-6-4-3-5-15(16)18/h3-10,12,17,19-20H,11H2,1-2H3. The summed E-state index contributed by atoms with van der Waals surface area (Å²) >= 11 is 3.50. The van der Waals surface area contributed by atoms with Crippen molar-refractivity contribution < 1.29 is 9.84 Å². The van der Waals surface area contributed by atoms with Crippen LogP contribution in [0.3, 0.4) is 0 Å².